The molecule has 4 aromatic rings. The van der Waals surface area contributed by atoms with Crippen LogP contribution in [0.1, 0.15) is 0 Å². The number of hydrogen-bond donors (Lipinski definition) is 0. The molecule has 1 aromatic heterocycles. The fourth-order valence-corrected chi connectivity index (χ4v) is 3.20. The number of aromatic nitrogens is 2. The molecule has 4 nitrogen and oxygen atoms in total. The summed E-state index contributed by atoms with van der Waals surface area (Å²) in [6.07, 6.45) is 0. The minimum Gasteiger partial charge on any atom is -0.497 e. The zero-order valence-electron chi connectivity index (χ0n) is 15.6. The van der Waals surface area contributed by atoms with Crippen molar-refractivity contribution in [1.82, 2.24) is 9.78 Å². The number of halogens is 1. The maximum absolute atomic E-state index is 6.07. The Bertz CT molecular complexity index is 1100. The maximum atomic E-state index is 6.07. The predicted molar refractivity (Wildman–Crippen MR) is 113 cm³/mol. The Labute approximate surface area is 168 Å². The Morgan fingerprint density at radius 3 is 2.00 bits per heavy atom. The van der Waals surface area contributed by atoms with Gasteiger partial charge in [-0.05, 0) is 54.6 Å². The summed E-state index contributed by atoms with van der Waals surface area (Å²) < 4.78 is 12.7. The van der Waals surface area contributed by atoms with Crippen molar-refractivity contribution in [2.75, 3.05) is 14.2 Å². The second-order valence-corrected chi connectivity index (χ2v) is 6.70. The van der Waals surface area contributed by atoms with Crippen LogP contribution in [0.15, 0.2) is 78.9 Å². The molecule has 0 saturated heterocycles. The van der Waals surface area contributed by atoms with E-state index in [0.717, 1.165) is 39.7 Å². The number of rotatable bonds is 5. The highest BCUT2D eigenvalue weighted by atomic mass is 35.5. The van der Waals surface area contributed by atoms with Crippen molar-refractivity contribution in [1.29, 1.82) is 0 Å². The van der Waals surface area contributed by atoms with Crippen LogP contribution in [0.25, 0.3) is 28.2 Å². The molecule has 0 fully saturated rings. The van der Waals surface area contributed by atoms with E-state index in [1.54, 1.807) is 14.2 Å². The fraction of sp³-hybridized carbons (Fsp3) is 0.0870. The standard InChI is InChI=1S/C23H19ClN2O2/c1-27-20-7-3-5-16(13-20)22-15-23(17-6-4-8-21(14-17)28-2)26(25-22)19-11-9-18(24)10-12-19/h3-15H,1-2H3. The third kappa shape index (κ3) is 3.59. The zero-order valence-corrected chi connectivity index (χ0v) is 16.4. The van der Waals surface area contributed by atoms with Gasteiger partial charge >= 0.3 is 0 Å². The molecule has 0 aliphatic carbocycles. The molecule has 140 valence electrons. The highest BCUT2D eigenvalue weighted by Crippen LogP contribution is 2.32. The van der Waals surface area contributed by atoms with E-state index in [2.05, 4.69) is 6.07 Å². The smallest absolute Gasteiger partial charge is 0.119 e. The van der Waals surface area contributed by atoms with Crippen molar-refractivity contribution >= 4 is 11.6 Å². The lowest BCUT2D eigenvalue weighted by atomic mass is 10.1. The summed E-state index contributed by atoms with van der Waals surface area (Å²) in [5.74, 6) is 1.59. The lowest BCUT2D eigenvalue weighted by molar-refractivity contribution is 0.415. The highest BCUT2D eigenvalue weighted by molar-refractivity contribution is 6.30. The summed E-state index contributed by atoms with van der Waals surface area (Å²) in [7, 11) is 3.32. The van der Waals surface area contributed by atoms with Crippen LogP contribution in [0.3, 0.4) is 0 Å². The van der Waals surface area contributed by atoms with Gasteiger partial charge in [0, 0.05) is 16.1 Å². The third-order valence-corrected chi connectivity index (χ3v) is 4.76. The molecular weight excluding hydrogens is 372 g/mol. The first kappa shape index (κ1) is 18.1. The van der Waals surface area contributed by atoms with Crippen molar-refractivity contribution in [3.63, 3.8) is 0 Å². The van der Waals surface area contributed by atoms with Gasteiger partial charge in [-0.3, -0.25) is 0 Å². The SMILES string of the molecule is COc1cccc(-c2cc(-c3cccc(OC)c3)n(-c3ccc(Cl)cc3)n2)c1. The molecule has 3 aromatic carbocycles. The van der Waals surface area contributed by atoms with Crippen molar-refractivity contribution in [2.24, 2.45) is 0 Å². The van der Waals surface area contributed by atoms with Crippen molar-refractivity contribution in [3.8, 4) is 39.7 Å². The van der Waals surface area contributed by atoms with Gasteiger partial charge in [0.1, 0.15) is 11.5 Å². The van der Waals surface area contributed by atoms with E-state index in [9.17, 15) is 0 Å². The average Bonchev–Trinajstić information content (AvgIpc) is 3.20. The quantitative estimate of drug-likeness (QED) is 0.427. The minimum absolute atomic E-state index is 0.687. The van der Waals surface area contributed by atoms with Gasteiger partial charge in [0.05, 0.1) is 31.3 Å². The topological polar surface area (TPSA) is 36.3 Å². The molecule has 0 atom stereocenters. The van der Waals surface area contributed by atoms with E-state index < -0.39 is 0 Å². The maximum Gasteiger partial charge on any atom is 0.119 e. The van der Waals surface area contributed by atoms with Crippen LogP contribution < -0.4 is 9.47 Å². The molecule has 0 aliphatic heterocycles. The lowest BCUT2D eigenvalue weighted by Crippen LogP contribution is -1.99. The van der Waals surface area contributed by atoms with Crippen molar-refractivity contribution in [2.45, 2.75) is 0 Å². The molecule has 0 bridgehead atoms. The molecular formula is C23H19ClN2O2. The van der Waals surface area contributed by atoms with Crippen molar-refractivity contribution in [3.05, 3.63) is 83.9 Å². The van der Waals surface area contributed by atoms with Gasteiger partial charge < -0.3 is 9.47 Å². The number of benzene rings is 3. The number of ether oxygens (including phenoxy) is 2. The Hall–Kier alpha value is -3.24. The molecule has 0 amide bonds. The highest BCUT2D eigenvalue weighted by Gasteiger charge is 2.14. The number of nitrogens with zero attached hydrogens (tertiary/aromatic N) is 2. The van der Waals surface area contributed by atoms with Gasteiger partial charge in [-0.1, -0.05) is 35.9 Å². The van der Waals surface area contributed by atoms with Gasteiger partial charge in [0.25, 0.3) is 0 Å². The molecule has 0 saturated carbocycles. The van der Waals surface area contributed by atoms with Gasteiger partial charge in [-0.2, -0.15) is 5.10 Å². The monoisotopic (exact) mass is 390 g/mol. The molecule has 28 heavy (non-hydrogen) atoms. The second kappa shape index (κ2) is 7.79. The first-order valence-corrected chi connectivity index (χ1v) is 9.20. The molecule has 0 N–H and O–H groups in total. The lowest BCUT2D eigenvalue weighted by Gasteiger charge is -2.09. The predicted octanol–water partition coefficient (Wildman–Crippen LogP) is 5.88. The van der Waals surface area contributed by atoms with Crippen molar-refractivity contribution < 1.29 is 9.47 Å². The van der Waals surface area contributed by atoms with E-state index in [1.807, 2.05) is 77.5 Å². The molecule has 0 spiro atoms. The van der Waals surface area contributed by atoms with Gasteiger partial charge in [-0.25, -0.2) is 4.68 Å². The van der Waals surface area contributed by atoms with Crippen LogP contribution in [-0.2, 0) is 0 Å². The van der Waals surface area contributed by atoms with E-state index in [-0.39, 0.29) is 0 Å². The largest absolute Gasteiger partial charge is 0.497 e. The Balaban J connectivity index is 1.89. The molecule has 4 rings (SSSR count). The van der Waals surface area contributed by atoms with Crippen LogP contribution in [0.5, 0.6) is 11.5 Å². The minimum atomic E-state index is 0.687. The van der Waals surface area contributed by atoms with Crippen LogP contribution in [0.2, 0.25) is 5.02 Å². The summed E-state index contributed by atoms with van der Waals surface area (Å²) in [4.78, 5) is 0. The average molecular weight is 391 g/mol. The summed E-state index contributed by atoms with van der Waals surface area (Å²) in [6, 6.07) is 25.5. The zero-order chi connectivity index (χ0) is 19.5. The van der Waals surface area contributed by atoms with E-state index in [4.69, 9.17) is 26.2 Å². The molecule has 5 heteroatoms. The fourth-order valence-electron chi connectivity index (χ4n) is 3.07. The normalized spacial score (nSPS) is 10.7. The summed E-state index contributed by atoms with van der Waals surface area (Å²) in [5.41, 5.74) is 4.73. The third-order valence-electron chi connectivity index (χ3n) is 4.51. The van der Waals surface area contributed by atoms with Gasteiger partial charge in [-0.15, -0.1) is 0 Å². The molecule has 0 aliphatic rings. The first-order valence-electron chi connectivity index (χ1n) is 8.83. The molecule has 0 radical (unpaired) electrons. The van der Waals surface area contributed by atoms with E-state index in [0.29, 0.717) is 5.02 Å². The van der Waals surface area contributed by atoms with Gasteiger partial charge in [0.2, 0.25) is 0 Å². The summed E-state index contributed by atoms with van der Waals surface area (Å²) in [6.45, 7) is 0. The molecule has 0 unspecified atom stereocenters. The van der Waals surface area contributed by atoms with E-state index >= 15 is 0 Å². The summed E-state index contributed by atoms with van der Waals surface area (Å²) >= 11 is 6.07. The van der Waals surface area contributed by atoms with Crippen LogP contribution >= 0.6 is 11.6 Å². The first-order chi connectivity index (χ1) is 13.7. The molecule has 1 heterocycles. The number of methoxy groups -OCH3 is 2. The number of hydrogen-bond acceptors (Lipinski definition) is 3. The van der Waals surface area contributed by atoms with Crippen LogP contribution in [0.4, 0.5) is 0 Å². The van der Waals surface area contributed by atoms with Crippen LogP contribution in [0, 0.1) is 0 Å². The summed E-state index contributed by atoms with van der Waals surface area (Å²) in [5, 5.41) is 5.55. The van der Waals surface area contributed by atoms with E-state index in [1.165, 1.54) is 0 Å². The van der Waals surface area contributed by atoms with Crippen LogP contribution in [-0.4, -0.2) is 24.0 Å². The Kier molecular flexibility index (Phi) is 5.04. The Morgan fingerprint density at radius 2 is 1.36 bits per heavy atom. The van der Waals surface area contributed by atoms with Gasteiger partial charge in [0.15, 0.2) is 0 Å². The second-order valence-electron chi connectivity index (χ2n) is 6.27. The Morgan fingerprint density at radius 1 is 0.750 bits per heavy atom.